The van der Waals surface area contributed by atoms with Crippen LogP contribution in [0.25, 0.3) is 0 Å². The third-order valence-electron chi connectivity index (χ3n) is 4.66. The van der Waals surface area contributed by atoms with E-state index in [4.69, 9.17) is 4.74 Å². The van der Waals surface area contributed by atoms with Crippen LogP contribution in [-0.2, 0) is 14.4 Å². The second kappa shape index (κ2) is 10.2. The van der Waals surface area contributed by atoms with Crippen LogP contribution in [0.15, 0.2) is 53.6 Å². The van der Waals surface area contributed by atoms with Gasteiger partial charge < -0.3 is 10.1 Å². The average Bonchev–Trinajstić information content (AvgIpc) is 2.81. The minimum atomic E-state index is -1.43. The zero-order valence-electron chi connectivity index (χ0n) is 17.8. The smallest absolute Gasteiger partial charge is 0.335 e. The molecule has 1 fully saturated rings. The van der Waals surface area contributed by atoms with Crippen LogP contribution in [0.2, 0.25) is 0 Å². The van der Waals surface area contributed by atoms with E-state index in [0.29, 0.717) is 17.9 Å². The summed E-state index contributed by atoms with van der Waals surface area (Å²) in [6.45, 7) is 1.72. The molecule has 0 saturated carbocycles. The third kappa shape index (κ3) is 5.39. The summed E-state index contributed by atoms with van der Waals surface area (Å²) in [5, 5.41) is 8.45. The number of barbiturate groups is 1. The van der Waals surface area contributed by atoms with Crippen molar-refractivity contribution >= 4 is 47.2 Å². The first-order valence-electron chi connectivity index (χ1n) is 9.90. The lowest BCUT2D eigenvalue weighted by Crippen LogP contribution is -2.58. The van der Waals surface area contributed by atoms with Crippen LogP contribution < -0.4 is 25.7 Å². The molecular formula is C22H21N5O6. The number of methoxy groups -OCH3 is 1. The number of benzene rings is 2. The Morgan fingerprint density at radius 1 is 1.15 bits per heavy atom. The molecule has 1 atom stereocenters. The van der Waals surface area contributed by atoms with Crippen molar-refractivity contribution in [2.45, 2.75) is 13.3 Å². The topological polar surface area (TPSA) is 146 Å². The zero-order valence-corrected chi connectivity index (χ0v) is 17.8. The maximum absolute atomic E-state index is 12.8. The number of amides is 6. The summed E-state index contributed by atoms with van der Waals surface area (Å²) in [6.07, 6.45) is 1.27. The van der Waals surface area contributed by atoms with Gasteiger partial charge in [-0.25, -0.2) is 15.1 Å². The molecule has 0 unspecified atom stereocenters. The normalized spacial score (nSPS) is 15.9. The largest absolute Gasteiger partial charge is 0.497 e. The van der Waals surface area contributed by atoms with Crippen molar-refractivity contribution in [3.63, 3.8) is 0 Å². The molecule has 3 rings (SSSR count). The molecule has 3 N–H and O–H groups in total. The molecule has 0 aliphatic carbocycles. The second-order valence-electron chi connectivity index (χ2n) is 6.85. The van der Waals surface area contributed by atoms with Gasteiger partial charge in [-0.2, -0.15) is 5.10 Å². The number of hydrazone groups is 1. The molecule has 2 aromatic rings. The Labute approximate surface area is 188 Å². The Bertz CT molecular complexity index is 1130. The fourth-order valence-electron chi connectivity index (χ4n) is 2.91. The lowest BCUT2D eigenvalue weighted by molar-refractivity contribution is -0.131. The van der Waals surface area contributed by atoms with Gasteiger partial charge in [-0.1, -0.05) is 13.0 Å². The number of hydrogen-bond acceptors (Lipinski definition) is 7. The predicted octanol–water partition coefficient (Wildman–Crippen LogP) is 1.66. The van der Waals surface area contributed by atoms with Crippen LogP contribution in [0.4, 0.5) is 16.2 Å². The molecule has 0 radical (unpaired) electrons. The summed E-state index contributed by atoms with van der Waals surface area (Å²) in [5.74, 6) is -3.45. The minimum absolute atomic E-state index is 0.159. The molecule has 0 spiro atoms. The Kier molecular flexibility index (Phi) is 7.13. The first-order chi connectivity index (χ1) is 15.8. The molecule has 2 aromatic carbocycles. The number of rotatable bonds is 7. The van der Waals surface area contributed by atoms with Crippen LogP contribution in [0.5, 0.6) is 5.75 Å². The molecule has 1 aliphatic rings. The molecule has 33 heavy (non-hydrogen) atoms. The highest BCUT2D eigenvalue weighted by molar-refractivity contribution is 6.32. The molecule has 0 bridgehead atoms. The maximum atomic E-state index is 12.8. The molecule has 11 heteroatoms. The summed E-state index contributed by atoms with van der Waals surface area (Å²) >= 11 is 0. The van der Waals surface area contributed by atoms with Crippen LogP contribution in [0.1, 0.15) is 23.7 Å². The average molecular weight is 451 g/mol. The van der Waals surface area contributed by atoms with Gasteiger partial charge in [0, 0.05) is 30.0 Å². The van der Waals surface area contributed by atoms with Gasteiger partial charge in [0.15, 0.2) is 5.92 Å². The Balaban J connectivity index is 1.68. The van der Waals surface area contributed by atoms with Crippen LogP contribution in [0.3, 0.4) is 0 Å². The van der Waals surface area contributed by atoms with Gasteiger partial charge in [-0.05, 0) is 36.4 Å². The summed E-state index contributed by atoms with van der Waals surface area (Å²) in [4.78, 5) is 61.7. The lowest BCUT2D eigenvalue weighted by Gasteiger charge is -2.28. The summed E-state index contributed by atoms with van der Waals surface area (Å²) < 4.78 is 5.10. The van der Waals surface area contributed by atoms with E-state index < -0.39 is 29.7 Å². The predicted molar refractivity (Wildman–Crippen MR) is 119 cm³/mol. The van der Waals surface area contributed by atoms with E-state index in [2.05, 4.69) is 21.2 Å². The van der Waals surface area contributed by atoms with Crippen molar-refractivity contribution in [3.8, 4) is 5.75 Å². The SMILES string of the molecule is CCC(=O)Nc1ccc(C(=O)N/N=C\[C@H]2C(=O)NC(=O)N(c3cccc(OC)c3)C2=O)cc1. The fourth-order valence-corrected chi connectivity index (χ4v) is 2.91. The van der Waals surface area contributed by atoms with Crippen molar-refractivity contribution in [2.24, 2.45) is 11.0 Å². The fraction of sp³-hybridized carbons (Fsp3) is 0.182. The van der Waals surface area contributed by atoms with Gasteiger partial charge in [-0.15, -0.1) is 0 Å². The number of urea groups is 1. The number of imide groups is 2. The van der Waals surface area contributed by atoms with Crippen LogP contribution in [-0.4, -0.2) is 43.0 Å². The molecule has 11 nitrogen and oxygen atoms in total. The van der Waals surface area contributed by atoms with Gasteiger partial charge in [-0.3, -0.25) is 24.5 Å². The highest BCUT2D eigenvalue weighted by atomic mass is 16.5. The second-order valence-corrected chi connectivity index (χ2v) is 6.85. The highest BCUT2D eigenvalue weighted by Gasteiger charge is 2.40. The van der Waals surface area contributed by atoms with E-state index in [1.807, 2.05) is 0 Å². The summed E-state index contributed by atoms with van der Waals surface area (Å²) in [6, 6.07) is 11.4. The van der Waals surface area contributed by atoms with E-state index >= 15 is 0 Å². The van der Waals surface area contributed by atoms with E-state index in [-0.39, 0.29) is 17.2 Å². The zero-order chi connectivity index (χ0) is 24.0. The molecule has 0 aromatic heterocycles. The Morgan fingerprint density at radius 3 is 2.55 bits per heavy atom. The van der Waals surface area contributed by atoms with Crippen molar-refractivity contribution in [1.29, 1.82) is 0 Å². The van der Waals surface area contributed by atoms with Crippen molar-refractivity contribution in [3.05, 3.63) is 54.1 Å². The number of anilines is 2. The number of carbonyl (C=O) groups excluding carboxylic acids is 5. The molecule has 1 aliphatic heterocycles. The van der Waals surface area contributed by atoms with E-state index in [1.165, 1.54) is 31.4 Å². The van der Waals surface area contributed by atoms with E-state index in [9.17, 15) is 24.0 Å². The van der Waals surface area contributed by atoms with Crippen molar-refractivity contribution < 1.29 is 28.7 Å². The van der Waals surface area contributed by atoms with Gasteiger partial charge in [0.2, 0.25) is 11.8 Å². The standard InChI is InChI=1S/C22H21N5O6/c1-3-18(28)24-14-9-7-13(8-10-14)19(29)26-23-12-17-20(30)25-22(32)27(21(17)31)15-5-4-6-16(11-15)33-2/h4-12,17H,3H2,1-2H3,(H,24,28)(H,26,29)(H,25,30,32)/b23-12-/t17-/m0/s1. The first kappa shape index (κ1) is 23.1. The van der Waals surface area contributed by atoms with Crippen LogP contribution in [0, 0.1) is 5.92 Å². The molecule has 170 valence electrons. The van der Waals surface area contributed by atoms with Crippen molar-refractivity contribution in [2.75, 3.05) is 17.3 Å². The lowest BCUT2D eigenvalue weighted by atomic mass is 10.1. The minimum Gasteiger partial charge on any atom is -0.497 e. The molecular weight excluding hydrogens is 430 g/mol. The maximum Gasteiger partial charge on any atom is 0.335 e. The molecule has 6 amide bonds. The summed E-state index contributed by atoms with van der Waals surface area (Å²) in [5.41, 5.74) is 3.22. The van der Waals surface area contributed by atoms with Gasteiger partial charge in [0.05, 0.1) is 12.8 Å². The number of nitrogens with zero attached hydrogens (tertiary/aromatic N) is 2. The quantitative estimate of drug-likeness (QED) is 0.331. The monoisotopic (exact) mass is 451 g/mol. The molecule has 1 heterocycles. The Morgan fingerprint density at radius 2 is 1.88 bits per heavy atom. The highest BCUT2D eigenvalue weighted by Crippen LogP contribution is 2.24. The summed E-state index contributed by atoms with van der Waals surface area (Å²) in [7, 11) is 1.44. The number of carbonyl (C=O) groups is 5. The van der Waals surface area contributed by atoms with E-state index in [0.717, 1.165) is 11.1 Å². The number of hydrogen-bond donors (Lipinski definition) is 3. The van der Waals surface area contributed by atoms with Gasteiger partial charge >= 0.3 is 6.03 Å². The Hall–Kier alpha value is -4.54. The van der Waals surface area contributed by atoms with E-state index in [1.54, 1.807) is 31.2 Å². The molecule has 1 saturated heterocycles. The first-order valence-corrected chi connectivity index (χ1v) is 9.90. The third-order valence-corrected chi connectivity index (χ3v) is 4.66. The van der Waals surface area contributed by atoms with Gasteiger partial charge in [0.25, 0.3) is 11.8 Å². The van der Waals surface area contributed by atoms with Crippen LogP contribution >= 0.6 is 0 Å². The number of nitrogens with one attached hydrogen (secondary N) is 3. The van der Waals surface area contributed by atoms with Gasteiger partial charge in [0.1, 0.15) is 5.75 Å². The van der Waals surface area contributed by atoms with Crippen molar-refractivity contribution in [1.82, 2.24) is 10.7 Å². The number of ether oxygens (including phenoxy) is 1.